The molecular formula is C23H33N3O6. The lowest BCUT2D eigenvalue weighted by Crippen LogP contribution is -2.55. The van der Waals surface area contributed by atoms with E-state index in [0.717, 1.165) is 0 Å². The maximum absolute atomic E-state index is 13.0. The Balaban J connectivity index is 2.31. The van der Waals surface area contributed by atoms with Crippen LogP contribution in [0.1, 0.15) is 57.8 Å². The van der Waals surface area contributed by atoms with Crippen LogP contribution in [0.5, 0.6) is 0 Å². The van der Waals surface area contributed by atoms with Gasteiger partial charge in [-0.3, -0.25) is 9.59 Å². The average Bonchev–Trinajstić information content (AvgIpc) is 3.08. The Kier molecular flexibility index (Phi) is 8.63. The quantitative estimate of drug-likeness (QED) is 0.525. The molecule has 3 unspecified atom stereocenters. The van der Waals surface area contributed by atoms with E-state index < -0.39 is 41.6 Å². The second kappa shape index (κ2) is 11.0. The van der Waals surface area contributed by atoms with Gasteiger partial charge in [-0.2, -0.15) is 0 Å². The molecule has 1 aliphatic rings. The van der Waals surface area contributed by atoms with E-state index in [1.807, 2.05) is 0 Å². The Hall–Kier alpha value is -3.10. The number of esters is 1. The highest BCUT2D eigenvalue weighted by Gasteiger charge is 2.38. The van der Waals surface area contributed by atoms with Gasteiger partial charge in [-0.05, 0) is 59.6 Å². The van der Waals surface area contributed by atoms with Gasteiger partial charge in [0.1, 0.15) is 5.60 Å². The van der Waals surface area contributed by atoms with Gasteiger partial charge in [0.2, 0.25) is 12.0 Å². The van der Waals surface area contributed by atoms with E-state index in [0.29, 0.717) is 13.0 Å². The lowest BCUT2D eigenvalue weighted by atomic mass is 9.94. The Bertz CT molecular complexity index is 819. The number of alkyl carbamates (subject to hydrolysis) is 1. The van der Waals surface area contributed by atoms with Gasteiger partial charge in [-0.25, -0.2) is 9.59 Å². The molecule has 0 bridgehead atoms. The van der Waals surface area contributed by atoms with Crippen molar-refractivity contribution in [2.75, 3.05) is 6.54 Å². The highest BCUT2D eigenvalue weighted by atomic mass is 16.6. The van der Waals surface area contributed by atoms with Gasteiger partial charge < -0.3 is 25.4 Å². The molecule has 1 fully saturated rings. The molecule has 9 heteroatoms. The molecule has 0 aromatic heterocycles. The first-order valence-corrected chi connectivity index (χ1v) is 10.8. The molecule has 1 heterocycles. The highest BCUT2D eigenvalue weighted by molar-refractivity contribution is 5.93. The van der Waals surface area contributed by atoms with Crippen molar-refractivity contribution < 1.29 is 28.7 Å². The molecule has 32 heavy (non-hydrogen) atoms. The summed E-state index contributed by atoms with van der Waals surface area (Å²) in [7, 11) is 0. The van der Waals surface area contributed by atoms with Crippen LogP contribution in [-0.4, -0.2) is 54.2 Å². The van der Waals surface area contributed by atoms with Gasteiger partial charge in [0.25, 0.3) is 5.91 Å². The van der Waals surface area contributed by atoms with Crippen LogP contribution < -0.4 is 16.0 Å². The zero-order chi connectivity index (χ0) is 23.9. The summed E-state index contributed by atoms with van der Waals surface area (Å²) in [6, 6.07) is 7.06. The summed E-state index contributed by atoms with van der Waals surface area (Å²) in [6.45, 7) is 9.19. The molecule has 1 aromatic rings. The summed E-state index contributed by atoms with van der Waals surface area (Å²) >= 11 is 0. The standard InChI is InChI=1S/C23H33N3O6/c1-14(2)25-20(28)18(31-21(29)15-9-7-6-8-10-15)17(13-16-11-12-24-19(16)27)26-22(30)32-23(3,4)5/h6-10,14,16-18H,11-13H2,1-5H3,(H,24,27)(H,25,28)(H,26,30). The third-order valence-electron chi connectivity index (χ3n) is 4.70. The maximum atomic E-state index is 13.0. The van der Waals surface area contributed by atoms with Crippen LogP contribution in [0.3, 0.4) is 0 Å². The predicted octanol–water partition coefficient (Wildman–Crippen LogP) is 2.16. The Morgan fingerprint density at radius 2 is 1.78 bits per heavy atom. The minimum Gasteiger partial charge on any atom is -0.446 e. The summed E-state index contributed by atoms with van der Waals surface area (Å²) in [6.07, 6.45) is -1.45. The van der Waals surface area contributed by atoms with E-state index >= 15 is 0 Å². The van der Waals surface area contributed by atoms with Crippen molar-refractivity contribution in [2.24, 2.45) is 5.92 Å². The van der Waals surface area contributed by atoms with Crippen molar-refractivity contribution >= 4 is 23.9 Å². The molecule has 3 amide bonds. The summed E-state index contributed by atoms with van der Waals surface area (Å²) in [5, 5.41) is 8.12. The van der Waals surface area contributed by atoms with Gasteiger partial charge in [-0.1, -0.05) is 18.2 Å². The molecule has 3 N–H and O–H groups in total. The summed E-state index contributed by atoms with van der Waals surface area (Å²) in [5.74, 6) is -1.87. The van der Waals surface area contributed by atoms with Crippen molar-refractivity contribution in [3.63, 3.8) is 0 Å². The molecule has 176 valence electrons. The molecule has 0 spiro atoms. The first kappa shape index (κ1) is 25.2. The summed E-state index contributed by atoms with van der Waals surface area (Å²) < 4.78 is 10.9. The minimum absolute atomic E-state index is 0.114. The van der Waals surface area contributed by atoms with Crippen LogP contribution in [0, 0.1) is 5.92 Å². The Morgan fingerprint density at radius 1 is 1.12 bits per heavy atom. The van der Waals surface area contributed by atoms with E-state index in [9.17, 15) is 19.2 Å². The molecule has 1 aromatic carbocycles. The molecule has 0 aliphatic carbocycles. The fourth-order valence-electron chi connectivity index (χ4n) is 3.34. The number of benzene rings is 1. The monoisotopic (exact) mass is 447 g/mol. The third-order valence-corrected chi connectivity index (χ3v) is 4.70. The molecule has 2 rings (SSSR count). The zero-order valence-corrected chi connectivity index (χ0v) is 19.3. The van der Waals surface area contributed by atoms with Crippen LogP contribution >= 0.6 is 0 Å². The lowest BCUT2D eigenvalue weighted by molar-refractivity contribution is -0.133. The number of carbonyl (C=O) groups excluding carboxylic acids is 4. The second-order valence-corrected chi connectivity index (χ2v) is 9.12. The molecule has 0 saturated carbocycles. The first-order chi connectivity index (χ1) is 15.0. The maximum Gasteiger partial charge on any atom is 0.408 e. The number of ether oxygens (including phenoxy) is 2. The Labute approximate surface area is 188 Å². The van der Waals surface area contributed by atoms with Gasteiger partial charge in [0.05, 0.1) is 11.6 Å². The number of carbonyl (C=O) groups is 4. The predicted molar refractivity (Wildman–Crippen MR) is 118 cm³/mol. The number of hydrogen-bond donors (Lipinski definition) is 3. The number of amides is 3. The van der Waals surface area contributed by atoms with E-state index in [4.69, 9.17) is 9.47 Å². The highest BCUT2D eigenvalue weighted by Crippen LogP contribution is 2.21. The third kappa shape index (κ3) is 7.86. The molecule has 0 radical (unpaired) electrons. The molecule has 9 nitrogen and oxygen atoms in total. The number of rotatable bonds is 8. The van der Waals surface area contributed by atoms with Crippen molar-refractivity contribution in [3.05, 3.63) is 35.9 Å². The summed E-state index contributed by atoms with van der Waals surface area (Å²) in [5.41, 5.74) is -0.500. The van der Waals surface area contributed by atoms with Gasteiger partial charge in [0, 0.05) is 18.5 Å². The topological polar surface area (TPSA) is 123 Å². The second-order valence-electron chi connectivity index (χ2n) is 9.12. The van der Waals surface area contributed by atoms with Crippen LogP contribution in [0.2, 0.25) is 0 Å². The van der Waals surface area contributed by atoms with Crippen molar-refractivity contribution in [2.45, 2.75) is 71.2 Å². The Morgan fingerprint density at radius 3 is 2.31 bits per heavy atom. The van der Waals surface area contributed by atoms with Gasteiger partial charge >= 0.3 is 12.1 Å². The summed E-state index contributed by atoms with van der Waals surface area (Å²) in [4.78, 5) is 50.4. The van der Waals surface area contributed by atoms with Crippen LogP contribution in [-0.2, 0) is 19.1 Å². The fourth-order valence-corrected chi connectivity index (χ4v) is 3.34. The van der Waals surface area contributed by atoms with Crippen LogP contribution in [0.15, 0.2) is 30.3 Å². The number of hydrogen-bond acceptors (Lipinski definition) is 6. The van der Waals surface area contributed by atoms with Crippen molar-refractivity contribution in [1.82, 2.24) is 16.0 Å². The van der Waals surface area contributed by atoms with Crippen molar-refractivity contribution in [1.29, 1.82) is 0 Å². The lowest BCUT2D eigenvalue weighted by Gasteiger charge is -2.30. The molecule has 3 atom stereocenters. The molecule has 1 saturated heterocycles. The minimum atomic E-state index is -1.36. The average molecular weight is 448 g/mol. The van der Waals surface area contributed by atoms with Crippen molar-refractivity contribution in [3.8, 4) is 0 Å². The van der Waals surface area contributed by atoms with Crippen LogP contribution in [0.25, 0.3) is 0 Å². The largest absolute Gasteiger partial charge is 0.446 e. The van der Waals surface area contributed by atoms with E-state index in [1.54, 1.807) is 65.0 Å². The SMILES string of the molecule is CC(C)NC(=O)C(OC(=O)c1ccccc1)C(CC1CCNC1=O)NC(=O)OC(C)(C)C. The van der Waals surface area contributed by atoms with Gasteiger partial charge in [-0.15, -0.1) is 0 Å². The molecular weight excluding hydrogens is 414 g/mol. The van der Waals surface area contributed by atoms with E-state index in [2.05, 4.69) is 16.0 Å². The first-order valence-electron chi connectivity index (χ1n) is 10.8. The smallest absolute Gasteiger partial charge is 0.408 e. The van der Waals surface area contributed by atoms with E-state index in [1.165, 1.54) is 0 Å². The number of nitrogens with one attached hydrogen (secondary N) is 3. The van der Waals surface area contributed by atoms with E-state index in [-0.39, 0.29) is 23.9 Å². The normalized spacial score (nSPS) is 17.8. The van der Waals surface area contributed by atoms with Crippen LogP contribution in [0.4, 0.5) is 4.79 Å². The zero-order valence-electron chi connectivity index (χ0n) is 19.3. The molecule has 1 aliphatic heterocycles. The fraction of sp³-hybridized carbons (Fsp3) is 0.565. The van der Waals surface area contributed by atoms with Gasteiger partial charge in [0.15, 0.2) is 0 Å².